The zero-order valence-electron chi connectivity index (χ0n) is 15.5. The van der Waals surface area contributed by atoms with E-state index >= 15 is 0 Å². The fourth-order valence-electron chi connectivity index (χ4n) is 3.19. The van der Waals surface area contributed by atoms with Crippen molar-refractivity contribution < 1.29 is 8.95 Å². The first-order valence-corrected chi connectivity index (χ1v) is 11.1. The number of hydrogen-bond acceptors (Lipinski definition) is 7. The third-order valence-electron chi connectivity index (χ3n) is 4.40. The van der Waals surface area contributed by atoms with Crippen LogP contribution >= 0.6 is 0 Å². The summed E-state index contributed by atoms with van der Waals surface area (Å²) < 4.78 is 22.1. The molecule has 1 aliphatic rings. The van der Waals surface area contributed by atoms with Crippen molar-refractivity contribution in [2.75, 3.05) is 37.2 Å². The van der Waals surface area contributed by atoms with Crippen molar-refractivity contribution in [3.63, 3.8) is 0 Å². The molecule has 4 rings (SSSR count). The van der Waals surface area contributed by atoms with Gasteiger partial charge in [-0.05, 0) is 13.0 Å². The molecular formula is C18H22N6O2S. The molecule has 1 saturated heterocycles. The van der Waals surface area contributed by atoms with Crippen LogP contribution in [0, 0.1) is 0 Å². The van der Waals surface area contributed by atoms with Gasteiger partial charge in [0, 0.05) is 45.8 Å². The zero-order chi connectivity index (χ0) is 19.0. The number of anilines is 1. The van der Waals surface area contributed by atoms with E-state index in [0.717, 1.165) is 28.8 Å². The Balaban J connectivity index is 1.91. The number of aromatic amines is 1. The minimum Gasteiger partial charge on any atom is -0.377 e. The fourth-order valence-corrected chi connectivity index (χ4v) is 3.74. The van der Waals surface area contributed by atoms with Crippen LogP contribution in [0.1, 0.15) is 6.92 Å². The van der Waals surface area contributed by atoms with E-state index in [1.165, 1.54) is 0 Å². The second-order valence-corrected chi connectivity index (χ2v) is 9.48. The number of nitrogens with zero attached hydrogens (tertiary/aromatic N) is 5. The van der Waals surface area contributed by atoms with E-state index in [0.29, 0.717) is 24.9 Å². The first-order valence-electron chi connectivity index (χ1n) is 8.74. The number of rotatable bonds is 3. The highest BCUT2D eigenvalue weighted by Crippen LogP contribution is 2.30. The van der Waals surface area contributed by atoms with E-state index in [9.17, 15) is 4.21 Å². The van der Waals surface area contributed by atoms with Gasteiger partial charge in [-0.15, -0.1) is 0 Å². The predicted molar refractivity (Wildman–Crippen MR) is 107 cm³/mol. The molecule has 3 heterocycles. The van der Waals surface area contributed by atoms with Crippen LogP contribution in [0.5, 0.6) is 0 Å². The highest BCUT2D eigenvalue weighted by Gasteiger charge is 2.22. The van der Waals surface area contributed by atoms with Gasteiger partial charge in [-0.3, -0.25) is 5.10 Å². The van der Waals surface area contributed by atoms with Crippen LogP contribution in [0.3, 0.4) is 0 Å². The van der Waals surface area contributed by atoms with Crippen molar-refractivity contribution in [3.8, 4) is 11.4 Å². The smallest absolute Gasteiger partial charge is 0.167 e. The summed E-state index contributed by atoms with van der Waals surface area (Å²) >= 11 is 0. The Labute approximate surface area is 158 Å². The van der Waals surface area contributed by atoms with Gasteiger partial charge >= 0.3 is 0 Å². The molecule has 1 fully saturated rings. The summed E-state index contributed by atoms with van der Waals surface area (Å²) in [5.74, 6) is 1.73. The summed E-state index contributed by atoms with van der Waals surface area (Å²) in [6, 6.07) is 7.83. The van der Waals surface area contributed by atoms with Crippen LogP contribution in [0.25, 0.3) is 22.3 Å². The Morgan fingerprint density at radius 1 is 1.33 bits per heavy atom. The van der Waals surface area contributed by atoms with Crippen LogP contribution in [-0.4, -0.2) is 62.7 Å². The molecule has 0 spiro atoms. The lowest BCUT2D eigenvalue weighted by atomic mass is 10.1. The average Bonchev–Trinajstić information content (AvgIpc) is 3.09. The Bertz CT molecular complexity index is 1090. The normalized spacial score (nSPS) is 18.0. The Kier molecular flexibility index (Phi) is 4.56. The number of fused-ring (bicyclic) bond motifs is 1. The summed E-state index contributed by atoms with van der Waals surface area (Å²) in [6.45, 7) is 4.12. The van der Waals surface area contributed by atoms with Gasteiger partial charge in [0.1, 0.15) is 5.82 Å². The van der Waals surface area contributed by atoms with Crippen LogP contribution in [0.2, 0.25) is 0 Å². The molecule has 142 valence electrons. The number of hydrogen-bond donors (Lipinski definition) is 1. The van der Waals surface area contributed by atoms with Gasteiger partial charge in [0.05, 0.1) is 31.0 Å². The minimum atomic E-state index is -2.35. The molecule has 1 aliphatic heterocycles. The molecule has 0 saturated carbocycles. The number of benzene rings is 1. The molecule has 1 aromatic carbocycles. The lowest BCUT2D eigenvalue weighted by molar-refractivity contribution is 0.0985. The minimum absolute atomic E-state index is 0.187. The lowest BCUT2D eigenvalue weighted by Crippen LogP contribution is -2.44. The standard InChI is InChI=1S/C18H22N6O2S/c1-12-11-26-8-7-24(12)17-9-16(23-27(2,3)25)20-18(21-17)13-5-4-6-15-14(13)10-19-22-15/h4-6,9-10,12H,7-8,11H2,1-3H3,(H,19,22). The second-order valence-electron chi connectivity index (χ2n) is 6.93. The van der Waals surface area contributed by atoms with Gasteiger partial charge in [-0.1, -0.05) is 12.1 Å². The second kappa shape index (κ2) is 6.90. The topological polar surface area (TPSA) is 96.4 Å². The van der Waals surface area contributed by atoms with Crippen LogP contribution < -0.4 is 4.90 Å². The van der Waals surface area contributed by atoms with E-state index in [1.807, 2.05) is 18.2 Å². The van der Waals surface area contributed by atoms with E-state index in [4.69, 9.17) is 9.72 Å². The monoisotopic (exact) mass is 386 g/mol. The molecule has 0 bridgehead atoms. The largest absolute Gasteiger partial charge is 0.377 e. The van der Waals surface area contributed by atoms with Gasteiger partial charge in [0.2, 0.25) is 0 Å². The first-order chi connectivity index (χ1) is 12.9. The molecule has 8 nitrogen and oxygen atoms in total. The molecule has 0 aliphatic carbocycles. The van der Waals surface area contributed by atoms with Crippen LogP contribution in [0.4, 0.5) is 11.6 Å². The van der Waals surface area contributed by atoms with Crippen molar-refractivity contribution in [3.05, 3.63) is 30.5 Å². The number of aromatic nitrogens is 4. The number of H-pyrrole nitrogens is 1. The maximum atomic E-state index is 12.3. The summed E-state index contributed by atoms with van der Waals surface area (Å²) in [7, 11) is -2.35. The SMILES string of the molecule is CC1COCCN1c1cc(N=S(C)(C)=O)nc(-c2cccc3[nH]ncc23)n1. The lowest BCUT2D eigenvalue weighted by Gasteiger charge is -2.34. The Hall–Kier alpha value is -2.52. The molecule has 3 aromatic rings. The molecule has 9 heteroatoms. The highest BCUT2D eigenvalue weighted by molar-refractivity contribution is 7.92. The number of morpholine rings is 1. The zero-order valence-corrected chi connectivity index (χ0v) is 16.4. The van der Waals surface area contributed by atoms with Crippen molar-refractivity contribution >= 4 is 32.3 Å². The van der Waals surface area contributed by atoms with Crippen LogP contribution in [-0.2, 0) is 14.5 Å². The third-order valence-corrected chi connectivity index (χ3v) is 5.03. The van der Waals surface area contributed by atoms with E-state index in [-0.39, 0.29) is 6.04 Å². The Morgan fingerprint density at radius 3 is 2.96 bits per heavy atom. The molecule has 1 atom stereocenters. The van der Waals surface area contributed by atoms with Gasteiger partial charge in [-0.2, -0.15) is 9.46 Å². The molecular weight excluding hydrogens is 364 g/mol. The van der Waals surface area contributed by atoms with E-state index < -0.39 is 9.73 Å². The van der Waals surface area contributed by atoms with Crippen molar-refractivity contribution in [2.45, 2.75) is 13.0 Å². The van der Waals surface area contributed by atoms with Gasteiger partial charge in [0.15, 0.2) is 11.6 Å². The van der Waals surface area contributed by atoms with E-state index in [1.54, 1.807) is 24.8 Å². The summed E-state index contributed by atoms with van der Waals surface area (Å²) in [6.07, 6.45) is 4.96. The molecule has 0 radical (unpaired) electrons. The third kappa shape index (κ3) is 3.79. The highest BCUT2D eigenvalue weighted by atomic mass is 32.2. The van der Waals surface area contributed by atoms with Crippen molar-refractivity contribution in [1.82, 2.24) is 20.2 Å². The van der Waals surface area contributed by atoms with Crippen molar-refractivity contribution in [2.24, 2.45) is 4.36 Å². The van der Waals surface area contributed by atoms with Crippen LogP contribution in [0.15, 0.2) is 34.8 Å². The van der Waals surface area contributed by atoms with Gasteiger partial charge < -0.3 is 9.64 Å². The van der Waals surface area contributed by atoms with E-state index in [2.05, 4.69) is 31.4 Å². The molecule has 1 N–H and O–H groups in total. The molecule has 0 amide bonds. The average molecular weight is 386 g/mol. The molecule has 2 aromatic heterocycles. The summed E-state index contributed by atoms with van der Waals surface area (Å²) in [5, 5.41) is 8.02. The molecule has 1 unspecified atom stereocenters. The first kappa shape index (κ1) is 17.9. The Morgan fingerprint density at radius 2 is 2.19 bits per heavy atom. The molecule has 27 heavy (non-hydrogen) atoms. The van der Waals surface area contributed by atoms with Gasteiger partial charge in [-0.25, -0.2) is 14.2 Å². The summed E-state index contributed by atoms with van der Waals surface area (Å²) in [4.78, 5) is 11.6. The summed E-state index contributed by atoms with van der Waals surface area (Å²) in [5.41, 5.74) is 1.77. The maximum Gasteiger partial charge on any atom is 0.167 e. The van der Waals surface area contributed by atoms with Gasteiger partial charge in [0.25, 0.3) is 0 Å². The quantitative estimate of drug-likeness (QED) is 0.743. The van der Waals surface area contributed by atoms with Crippen molar-refractivity contribution in [1.29, 1.82) is 0 Å². The fraction of sp³-hybridized carbons (Fsp3) is 0.389. The number of nitrogens with one attached hydrogen (secondary N) is 1. The predicted octanol–water partition coefficient (Wildman–Crippen LogP) is 2.60. The maximum absolute atomic E-state index is 12.3. The number of ether oxygens (including phenoxy) is 1.